The molecule has 0 aliphatic heterocycles. The van der Waals surface area contributed by atoms with Crippen molar-refractivity contribution in [1.29, 1.82) is 0 Å². The fourth-order valence-electron chi connectivity index (χ4n) is 2.89. The number of benzene rings is 2. The number of fused-ring (bicyclic) bond motifs is 1. The summed E-state index contributed by atoms with van der Waals surface area (Å²) in [5, 5.41) is 12.4. The summed E-state index contributed by atoms with van der Waals surface area (Å²) in [5.74, 6) is -1.99. The van der Waals surface area contributed by atoms with E-state index in [-0.39, 0.29) is 17.4 Å². The summed E-state index contributed by atoms with van der Waals surface area (Å²) >= 11 is 0. The fourth-order valence-corrected chi connectivity index (χ4v) is 2.89. The molecule has 126 valence electrons. The molecule has 0 fully saturated rings. The van der Waals surface area contributed by atoms with Gasteiger partial charge in [-0.2, -0.15) is 13.2 Å². The molecule has 0 spiro atoms. The van der Waals surface area contributed by atoms with Gasteiger partial charge in [0.05, 0.1) is 5.56 Å². The standard InChI is InChI=1S/C17H13F4NO2/c18-14-7-10(4-5-13(14)17(19,20)21)16(24)22-11-6-9-2-1-3-15(23)12(9)8-11/h1-5,7,11,23H,6,8H2,(H,22,24). The van der Waals surface area contributed by atoms with E-state index in [1.165, 1.54) is 0 Å². The maximum atomic E-state index is 13.6. The summed E-state index contributed by atoms with van der Waals surface area (Å²) in [5.41, 5.74) is 0.0539. The smallest absolute Gasteiger partial charge is 0.419 e. The van der Waals surface area contributed by atoms with Gasteiger partial charge in [0.1, 0.15) is 11.6 Å². The van der Waals surface area contributed by atoms with Gasteiger partial charge in [0.2, 0.25) is 0 Å². The lowest BCUT2D eigenvalue weighted by molar-refractivity contribution is -0.140. The van der Waals surface area contributed by atoms with Crippen molar-refractivity contribution in [2.75, 3.05) is 0 Å². The number of nitrogens with one attached hydrogen (secondary N) is 1. The molecule has 1 aliphatic carbocycles. The maximum absolute atomic E-state index is 13.6. The lowest BCUT2D eigenvalue weighted by atomic mass is 10.1. The second-order valence-corrected chi connectivity index (χ2v) is 5.69. The number of hydrogen-bond donors (Lipinski definition) is 2. The Morgan fingerprint density at radius 2 is 1.92 bits per heavy atom. The summed E-state index contributed by atoms with van der Waals surface area (Å²) in [6, 6.07) is 6.86. The van der Waals surface area contributed by atoms with Crippen molar-refractivity contribution < 1.29 is 27.5 Å². The van der Waals surface area contributed by atoms with Gasteiger partial charge in [0.15, 0.2) is 0 Å². The molecule has 0 radical (unpaired) electrons. The SMILES string of the molecule is O=C(NC1Cc2cccc(O)c2C1)c1ccc(C(F)(F)F)c(F)c1. The number of amides is 1. The largest absolute Gasteiger partial charge is 0.508 e. The molecule has 1 amide bonds. The molecular formula is C17H13F4NO2. The number of rotatable bonds is 2. The molecule has 0 heterocycles. The van der Waals surface area contributed by atoms with E-state index in [0.717, 1.165) is 17.2 Å². The summed E-state index contributed by atoms with van der Waals surface area (Å²) in [6.45, 7) is 0. The number of phenols is 1. The third-order valence-corrected chi connectivity index (χ3v) is 4.04. The molecule has 1 atom stereocenters. The first-order valence-electron chi connectivity index (χ1n) is 7.23. The van der Waals surface area contributed by atoms with Crippen LogP contribution in [-0.2, 0) is 19.0 Å². The second-order valence-electron chi connectivity index (χ2n) is 5.69. The van der Waals surface area contributed by atoms with Gasteiger partial charge >= 0.3 is 6.18 Å². The monoisotopic (exact) mass is 339 g/mol. The van der Waals surface area contributed by atoms with Crippen LogP contribution in [-0.4, -0.2) is 17.1 Å². The third-order valence-electron chi connectivity index (χ3n) is 4.04. The summed E-state index contributed by atoms with van der Waals surface area (Å²) in [6.07, 6.45) is -3.89. The molecule has 3 nitrogen and oxygen atoms in total. The molecule has 2 N–H and O–H groups in total. The van der Waals surface area contributed by atoms with Crippen LogP contribution >= 0.6 is 0 Å². The minimum atomic E-state index is -4.80. The highest BCUT2D eigenvalue weighted by atomic mass is 19.4. The van der Waals surface area contributed by atoms with Gasteiger partial charge in [0.25, 0.3) is 5.91 Å². The molecule has 0 aromatic heterocycles. The Balaban J connectivity index is 1.73. The molecule has 0 saturated carbocycles. The summed E-state index contributed by atoms with van der Waals surface area (Å²) < 4.78 is 51.2. The van der Waals surface area contributed by atoms with Gasteiger partial charge in [-0.15, -0.1) is 0 Å². The van der Waals surface area contributed by atoms with Crippen LogP contribution in [0.5, 0.6) is 5.75 Å². The molecule has 2 aromatic rings. The number of carbonyl (C=O) groups is 1. The van der Waals surface area contributed by atoms with E-state index in [0.29, 0.717) is 25.0 Å². The van der Waals surface area contributed by atoms with E-state index in [1.54, 1.807) is 12.1 Å². The fraction of sp³-hybridized carbons (Fsp3) is 0.235. The number of alkyl halides is 3. The second kappa shape index (κ2) is 5.81. The Morgan fingerprint density at radius 3 is 2.54 bits per heavy atom. The van der Waals surface area contributed by atoms with Crippen LogP contribution < -0.4 is 5.32 Å². The van der Waals surface area contributed by atoms with Crippen molar-refractivity contribution in [3.63, 3.8) is 0 Å². The van der Waals surface area contributed by atoms with Crippen LogP contribution in [0.15, 0.2) is 36.4 Å². The first-order valence-corrected chi connectivity index (χ1v) is 7.23. The average Bonchev–Trinajstić information content (AvgIpc) is 2.89. The predicted molar refractivity (Wildman–Crippen MR) is 78.2 cm³/mol. The van der Waals surface area contributed by atoms with Gasteiger partial charge in [-0.25, -0.2) is 4.39 Å². The van der Waals surface area contributed by atoms with Gasteiger partial charge in [-0.05, 0) is 48.2 Å². The Kier molecular flexibility index (Phi) is 3.95. The van der Waals surface area contributed by atoms with Crippen molar-refractivity contribution in [1.82, 2.24) is 5.32 Å². The molecule has 7 heteroatoms. The molecule has 0 bridgehead atoms. The van der Waals surface area contributed by atoms with Crippen LogP contribution in [0.4, 0.5) is 17.6 Å². The molecule has 1 aliphatic rings. The molecule has 0 saturated heterocycles. The van der Waals surface area contributed by atoms with Crippen LogP contribution in [0, 0.1) is 5.82 Å². The van der Waals surface area contributed by atoms with Gasteiger partial charge in [0, 0.05) is 11.6 Å². The predicted octanol–water partition coefficient (Wildman–Crippen LogP) is 3.45. The quantitative estimate of drug-likeness (QED) is 0.824. The Morgan fingerprint density at radius 1 is 1.17 bits per heavy atom. The van der Waals surface area contributed by atoms with Gasteiger partial charge in [-0.1, -0.05) is 12.1 Å². The highest BCUT2D eigenvalue weighted by Crippen LogP contribution is 2.32. The van der Waals surface area contributed by atoms with Crippen LogP contribution in [0.1, 0.15) is 27.0 Å². The van der Waals surface area contributed by atoms with Crippen molar-refractivity contribution in [2.24, 2.45) is 0 Å². The Hall–Kier alpha value is -2.57. The highest BCUT2D eigenvalue weighted by Gasteiger charge is 2.34. The zero-order valence-electron chi connectivity index (χ0n) is 12.3. The van der Waals surface area contributed by atoms with E-state index in [4.69, 9.17) is 0 Å². The van der Waals surface area contributed by atoms with E-state index in [9.17, 15) is 27.5 Å². The Bertz CT molecular complexity index is 802. The molecule has 3 rings (SSSR count). The van der Waals surface area contributed by atoms with E-state index >= 15 is 0 Å². The van der Waals surface area contributed by atoms with Crippen molar-refractivity contribution >= 4 is 5.91 Å². The summed E-state index contributed by atoms with van der Waals surface area (Å²) in [4.78, 5) is 12.1. The highest BCUT2D eigenvalue weighted by molar-refractivity contribution is 5.94. The lowest BCUT2D eigenvalue weighted by Crippen LogP contribution is -2.35. The Labute approximate surface area is 134 Å². The molecular weight excluding hydrogens is 326 g/mol. The normalized spacial score (nSPS) is 16.8. The van der Waals surface area contributed by atoms with E-state index in [1.807, 2.05) is 6.07 Å². The minimum absolute atomic E-state index is 0.143. The van der Waals surface area contributed by atoms with Crippen molar-refractivity contribution in [2.45, 2.75) is 25.1 Å². The third kappa shape index (κ3) is 3.06. The first kappa shape index (κ1) is 16.3. The topological polar surface area (TPSA) is 49.3 Å². The van der Waals surface area contributed by atoms with E-state index < -0.39 is 23.5 Å². The first-order chi connectivity index (χ1) is 11.3. The number of aromatic hydroxyl groups is 1. The number of phenolic OH excluding ortho intramolecular Hbond substituents is 1. The summed E-state index contributed by atoms with van der Waals surface area (Å²) in [7, 11) is 0. The van der Waals surface area contributed by atoms with Gasteiger partial charge in [-0.3, -0.25) is 4.79 Å². The molecule has 1 unspecified atom stereocenters. The van der Waals surface area contributed by atoms with Crippen LogP contribution in [0.25, 0.3) is 0 Å². The number of carbonyl (C=O) groups excluding carboxylic acids is 1. The zero-order valence-corrected chi connectivity index (χ0v) is 12.3. The number of halogens is 4. The van der Waals surface area contributed by atoms with E-state index in [2.05, 4.69) is 5.32 Å². The van der Waals surface area contributed by atoms with Gasteiger partial charge < -0.3 is 10.4 Å². The minimum Gasteiger partial charge on any atom is -0.508 e. The average molecular weight is 339 g/mol. The van der Waals surface area contributed by atoms with Crippen molar-refractivity contribution in [3.8, 4) is 5.75 Å². The number of hydrogen-bond acceptors (Lipinski definition) is 2. The van der Waals surface area contributed by atoms with Crippen molar-refractivity contribution in [3.05, 3.63) is 64.5 Å². The lowest BCUT2D eigenvalue weighted by Gasteiger charge is -2.13. The zero-order chi connectivity index (χ0) is 17.5. The molecule has 24 heavy (non-hydrogen) atoms. The van der Waals surface area contributed by atoms with Crippen LogP contribution in [0.3, 0.4) is 0 Å². The maximum Gasteiger partial charge on any atom is 0.419 e. The molecule has 2 aromatic carbocycles. The van der Waals surface area contributed by atoms with Crippen LogP contribution in [0.2, 0.25) is 0 Å².